The van der Waals surface area contributed by atoms with Gasteiger partial charge in [-0.05, 0) is 43.9 Å². The van der Waals surface area contributed by atoms with Crippen LogP contribution in [0.25, 0.3) is 0 Å². The Hall–Kier alpha value is -1.27. The Bertz CT molecular complexity index is 689. The van der Waals surface area contributed by atoms with Crippen molar-refractivity contribution in [3.63, 3.8) is 0 Å². The lowest BCUT2D eigenvalue weighted by atomic mass is 10.1. The van der Waals surface area contributed by atoms with E-state index in [1.54, 1.807) is 32.0 Å². The summed E-state index contributed by atoms with van der Waals surface area (Å²) in [4.78, 5) is 12.7. The molecule has 0 aliphatic carbocycles. The minimum atomic E-state index is -3.66. The molecule has 7 heteroatoms. The summed E-state index contributed by atoms with van der Waals surface area (Å²) in [5, 5.41) is 3.33. The quantitative estimate of drug-likeness (QED) is 0.795. The Balaban J connectivity index is 3.33. The average molecular weight is 375 g/mol. The molecule has 1 aromatic rings. The van der Waals surface area contributed by atoms with Gasteiger partial charge in [-0.3, -0.25) is 9.10 Å². The van der Waals surface area contributed by atoms with Crippen molar-refractivity contribution in [2.45, 2.75) is 53.1 Å². The van der Waals surface area contributed by atoms with E-state index >= 15 is 0 Å². The first-order valence-corrected chi connectivity index (χ1v) is 10.3. The van der Waals surface area contributed by atoms with Crippen molar-refractivity contribution in [1.82, 2.24) is 5.32 Å². The van der Waals surface area contributed by atoms with E-state index in [1.165, 1.54) is 4.31 Å². The van der Waals surface area contributed by atoms with Gasteiger partial charge in [-0.2, -0.15) is 0 Å². The highest BCUT2D eigenvalue weighted by Crippen LogP contribution is 2.29. The average Bonchev–Trinajstić information content (AvgIpc) is 2.45. The van der Waals surface area contributed by atoms with Gasteiger partial charge in [0.2, 0.25) is 15.9 Å². The fraction of sp³-hybridized carbons (Fsp3) is 0.588. The second kappa shape index (κ2) is 8.21. The molecular formula is C17H27ClN2O3S. The predicted octanol–water partition coefficient (Wildman–Crippen LogP) is 3.35. The lowest BCUT2D eigenvalue weighted by Crippen LogP contribution is -2.52. The van der Waals surface area contributed by atoms with Gasteiger partial charge >= 0.3 is 0 Å². The molecule has 0 saturated carbocycles. The van der Waals surface area contributed by atoms with Gasteiger partial charge in [0.1, 0.15) is 6.04 Å². The van der Waals surface area contributed by atoms with Gasteiger partial charge in [0.15, 0.2) is 0 Å². The summed E-state index contributed by atoms with van der Waals surface area (Å²) in [5.41, 5.74) is 1.18. The number of carbonyl (C=O) groups is 1. The SMILES string of the molecule is CC[C@H](C(=O)N[C@@H](C)C(C)C)N(c1cc(Cl)ccc1C)S(C)(=O)=O. The first-order valence-electron chi connectivity index (χ1n) is 8.05. The third-order valence-corrected chi connectivity index (χ3v) is 5.51. The Labute approximate surface area is 150 Å². The summed E-state index contributed by atoms with van der Waals surface area (Å²) >= 11 is 6.04. The van der Waals surface area contributed by atoms with Crippen molar-refractivity contribution < 1.29 is 13.2 Å². The molecule has 0 spiro atoms. The van der Waals surface area contributed by atoms with Crippen LogP contribution in [0.4, 0.5) is 5.69 Å². The van der Waals surface area contributed by atoms with E-state index in [9.17, 15) is 13.2 Å². The molecule has 5 nitrogen and oxygen atoms in total. The molecule has 0 aliphatic heterocycles. The molecule has 136 valence electrons. The maximum Gasteiger partial charge on any atom is 0.244 e. The number of nitrogens with zero attached hydrogens (tertiary/aromatic N) is 1. The second-order valence-electron chi connectivity index (χ2n) is 6.45. The molecule has 0 aliphatic rings. The number of anilines is 1. The highest BCUT2D eigenvalue weighted by atomic mass is 35.5. The zero-order valence-corrected chi connectivity index (χ0v) is 16.7. The lowest BCUT2D eigenvalue weighted by molar-refractivity contribution is -0.123. The standard InChI is InChI=1S/C17H27ClN2O3S/c1-7-15(17(21)19-13(5)11(2)3)20(24(6,22)23)16-10-14(18)9-8-12(16)4/h8-11,13,15H,7H2,1-6H3,(H,19,21)/t13-,15+/m0/s1. The van der Waals surface area contributed by atoms with Crippen LogP contribution in [0.2, 0.25) is 5.02 Å². The molecular weight excluding hydrogens is 348 g/mol. The van der Waals surface area contributed by atoms with E-state index in [4.69, 9.17) is 11.6 Å². The summed E-state index contributed by atoms with van der Waals surface area (Å²) in [7, 11) is -3.66. The van der Waals surface area contributed by atoms with E-state index in [1.807, 2.05) is 20.8 Å². The van der Waals surface area contributed by atoms with Gasteiger partial charge in [-0.15, -0.1) is 0 Å². The maximum absolute atomic E-state index is 12.7. The van der Waals surface area contributed by atoms with Crippen LogP contribution in [-0.4, -0.2) is 32.7 Å². The largest absolute Gasteiger partial charge is 0.352 e. The molecule has 0 heterocycles. The van der Waals surface area contributed by atoms with Crippen LogP contribution < -0.4 is 9.62 Å². The number of hydrogen-bond donors (Lipinski definition) is 1. The van der Waals surface area contributed by atoms with Gasteiger partial charge in [0, 0.05) is 11.1 Å². The molecule has 0 fully saturated rings. The van der Waals surface area contributed by atoms with Crippen LogP contribution in [0.1, 0.15) is 39.7 Å². The monoisotopic (exact) mass is 374 g/mol. The number of halogens is 1. The van der Waals surface area contributed by atoms with E-state index in [-0.39, 0.29) is 17.9 Å². The Kier molecular flexibility index (Phi) is 7.10. The number of aryl methyl sites for hydroxylation is 1. The van der Waals surface area contributed by atoms with Crippen LogP contribution >= 0.6 is 11.6 Å². The summed E-state index contributed by atoms with van der Waals surface area (Å²) < 4.78 is 26.0. The minimum Gasteiger partial charge on any atom is -0.352 e. The minimum absolute atomic E-state index is 0.0478. The fourth-order valence-corrected chi connectivity index (χ4v) is 3.77. The predicted molar refractivity (Wildman–Crippen MR) is 100 cm³/mol. The van der Waals surface area contributed by atoms with Crippen molar-refractivity contribution in [2.24, 2.45) is 5.92 Å². The van der Waals surface area contributed by atoms with Crippen molar-refractivity contribution in [2.75, 3.05) is 10.6 Å². The molecule has 0 radical (unpaired) electrons. The number of amides is 1. The summed E-state index contributed by atoms with van der Waals surface area (Å²) in [6.45, 7) is 9.50. The van der Waals surface area contributed by atoms with Crippen molar-refractivity contribution >= 4 is 33.2 Å². The highest BCUT2D eigenvalue weighted by Gasteiger charge is 2.33. The molecule has 1 N–H and O–H groups in total. The van der Waals surface area contributed by atoms with E-state index in [0.29, 0.717) is 17.1 Å². The maximum atomic E-state index is 12.7. The Morgan fingerprint density at radius 1 is 1.29 bits per heavy atom. The second-order valence-corrected chi connectivity index (χ2v) is 8.75. The first-order chi connectivity index (χ1) is 11.0. The fourth-order valence-electron chi connectivity index (χ4n) is 2.34. The summed E-state index contributed by atoms with van der Waals surface area (Å²) in [6.07, 6.45) is 1.46. The smallest absolute Gasteiger partial charge is 0.244 e. The molecule has 24 heavy (non-hydrogen) atoms. The summed E-state index contributed by atoms with van der Waals surface area (Å²) in [5.74, 6) is -0.0467. The molecule has 1 rings (SSSR count). The number of sulfonamides is 1. The van der Waals surface area contributed by atoms with Gasteiger partial charge in [-0.25, -0.2) is 8.42 Å². The molecule has 0 saturated heterocycles. The number of hydrogen-bond acceptors (Lipinski definition) is 3. The summed E-state index contributed by atoms with van der Waals surface area (Å²) in [6, 6.07) is 4.16. The first kappa shape index (κ1) is 20.8. The highest BCUT2D eigenvalue weighted by molar-refractivity contribution is 7.92. The van der Waals surface area contributed by atoms with Crippen molar-refractivity contribution in [3.05, 3.63) is 28.8 Å². The Morgan fingerprint density at radius 3 is 2.33 bits per heavy atom. The van der Waals surface area contributed by atoms with E-state index in [2.05, 4.69) is 5.32 Å². The molecule has 0 bridgehead atoms. The van der Waals surface area contributed by atoms with Crippen LogP contribution in [0.5, 0.6) is 0 Å². The van der Waals surface area contributed by atoms with Crippen LogP contribution in [0, 0.1) is 12.8 Å². The zero-order valence-electron chi connectivity index (χ0n) is 15.1. The van der Waals surface area contributed by atoms with Gasteiger partial charge in [-0.1, -0.05) is 38.4 Å². The van der Waals surface area contributed by atoms with E-state index < -0.39 is 16.1 Å². The molecule has 1 aromatic carbocycles. The molecule has 0 aromatic heterocycles. The third-order valence-electron chi connectivity index (χ3n) is 4.11. The topological polar surface area (TPSA) is 66.5 Å². The van der Waals surface area contributed by atoms with Crippen LogP contribution in [0.3, 0.4) is 0 Å². The lowest BCUT2D eigenvalue weighted by Gasteiger charge is -2.32. The molecule has 1 amide bonds. The Morgan fingerprint density at radius 2 is 1.88 bits per heavy atom. The number of benzene rings is 1. The van der Waals surface area contributed by atoms with Crippen LogP contribution in [-0.2, 0) is 14.8 Å². The molecule has 2 atom stereocenters. The zero-order chi connectivity index (χ0) is 18.7. The van der Waals surface area contributed by atoms with Gasteiger partial charge in [0.25, 0.3) is 0 Å². The normalized spacial score (nSPS) is 14.3. The van der Waals surface area contributed by atoms with Gasteiger partial charge in [0.05, 0.1) is 11.9 Å². The van der Waals surface area contributed by atoms with E-state index in [0.717, 1.165) is 11.8 Å². The number of rotatable bonds is 7. The third kappa shape index (κ3) is 5.11. The number of nitrogens with one attached hydrogen (secondary N) is 1. The number of carbonyl (C=O) groups excluding carboxylic acids is 1. The molecule has 0 unspecified atom stereocenters. The van der Waals surface area contributed by atoms with Gasteiger partial charge < -0.3 is 5.32 Å². The van der Waals surface area contributed by atoms with Crippen LogP contribution in [0.15, 0.2) is 18.2 Å². The van der Waals surface area contributed by atoms with Crippen molar-refractivity contribution in [3.8, 4) is 0 Å². The van der Waals surface area contributed by atoms with Crippen molar-refractivity contribution in [1.29, 1.82) is 0 Å².